The minimum absolute atomic E-state index is 0.157. The molecule has 1 heterocycles. The Hall–Kier alpha value is -4.15. The summed E-state index contributed by atoms with van der Waals surface area (Å²) in [4.78, 5) is 25.1. The first-order valence-corrected chi connectivity index (χ1v) is 14.7. The minimum atomic E-state index is -6.45. The average molecular weight is 684 g/mol. The number of hydrogen-bond donors (Lipinski definition) is 1. The maximum atomic E-state index is 15.0. The highest BCUT2D eigenvalue weighted by Crippen LogP contribution is 2.56. The second kappa shape index (κ2) is 10.7. The summed E-state index contributed by atoms with van der Waals surface area (Å²) < 4.78 is 165. The molecule has 0 bridgehead atoms. The predicted octanol–water partition coefficient (Wildman–Crippen LogP) is 6.62. The zero-order valence-corrected chi connectivity index (χ0v) is 23.6. The lowest BCUT2D eigenvalue weighted by atomic mass is 9.76. The number of likely N-dealkylation sites (tertiary alicyclic amines) is 1. The molecule has 0 radical (unpaired) electrons. The summed E-state index contributed by atoms with van der Waals surface area (Å²) in [5.74, 6) is -7.22. The van der Waals surface area contributed by atoms with E-state index in [2.05, 4.69) is 0 Å². The van der Waals surface area contributed by atoms with E-state index in [-0.39, 0.29) is 17.7 Å². The average Bonchev–Trinajstić information content (AvgIpc) is 3.36. The van der Waals surface area contributed by atoms with Gasteiger partial charge in [0.15, 0.2) is 9.84 Å². The van der Waals surface area contributed by atoms with E-state index in [9.17, 15) is 61.9 Å². The number of alkyl halides is 7. The number of sulfone groups is 1. The van der Waals surface area contributed by atoms with Crippen LogP contribution in [0.25, 0.3) is 0 Å². The van der Waals surface area contributed by atoms with Crippen molar-refractivity contribution in [3.05, 3.63) is 99.9 Å². The summed E-state index contributed by atoms with van der Waals surface area (Å²) in [6.45, 7) is -0.465. The summed E-state index contributed by atoms with van der Waals surface area (Å²) in [6, 6.07) is 3.71. The molecule has 5 rings (SSSR count). The van der Waals surface area contributed by atoms with Crippen LogP contribution in [0.5, 0.6) is 0 Å². The first-order chi connectivity index (χ1) is 21.2. The van der Waals surface area contributed by atoms with E-state index in [0.717, 1.165) is 29.2 Å². The van der Waals surface area contributed by atoms with Crippen molar-refractivity contribution in [2.45, 2.75) is 53.0 Å². The molecule has 1 N–H and O–H groups in total. The highest BCUT2D eigenvalue weighted by molar-refractivity contribution is 7.92. The van der Waals surface area contributed by atoms with E-state index in [1.165, 1.54) is 0 Å². The van der Waals surface area contributed by atoms with Crippen LogP contribution in [0.4, 0.5) is 43.9 Å². The van der Waals surface area contributed by atoms with E-state index in [4.69, 9.17) is 5.11 Å². The van der Waals surface area contributed by atoms with Crippen LogP contribution >= 0.6 is 0 Å². The molecular formula is C29H19F10NO5S. The van der Waals surface area contributed by atoms with Crippen LogP contribution in [0.3, 0.4) is 0 Å². The SMILES string of the molecule is O=C(O)c1c(F)cc(C(=O)N2CC[C@@]3(S(=O)(=O)c4ccc(F)cc4)c4ccc(C(F)(C(F)(F)F)C(F)(F)F)cc4CC[C@@H]23)cc1F. The number of hydrogen-bond acceptors (Lipinski definition) is 4. The zero-order valence-electron chi connectivity index (χ0n) is 22.8. The van der Waals surface area contributed by atoms with Crippen molar-refractivity contribution in [3.8, 4) is 0 Å². The van der Waals surface area contributed by atoms with Gasteiger partial charge in [0.05, 0.1) is 10.9 Å². The Morgan fingerprint density at radius 3 is 1.93 bits per heavy atom. The van der Waals surface area contributed by atoms with Gasteiger partial charge in [-0.1, -0.05) is 18.2 Å². The second-order valence-electron chi connectivity index (χ2n) is 10.8. The van der Waals surface area contributed by atoms with Gasteiger partial charge in [-0.3, -0.25) is 4.79 Å². The van der Waals surface area contributed by atoms with Crippen LogP contribution in [-0.2, 0) is 26.7 Å². The summed E-state index contributed by atoms with van der Waals surface area (Å²) in [5.41, 5.74) is -10.5. The van der Waals surface area contributed by atoms with Crippen LogP contribution in [0, 0.1) is 17.5 Å². The first-order valence-electron chi connectivity index (χ1n) is 13.2. The van der Waals surface area contributed by atoms with E-state index in [0.29, 0.717) is 18.2 Å². The van der Waals surface area contributed by atoms with Crippen LogP contribution in [0.15, 0.2) is 59.5 Å². The van der Waals surface area contributed by atoms with Crippen molar-refractivity contribution in [2.75, 3.05) is 6.54 Å². The van der Waals surface area contributed by atoms with E-state index in [1.54, 1.807) is 0 Å². The number of benzene rings is 3. The van der Waals surface area contributed by atoms with Gasteiger partial charge in [0.2, 0.25) is 0 Å². The van der Waals surface area contributed by atoms with E-state index in [1.807, 2.05) is 0 Å². The Morgan fingerprint density at radius 1 is 0.848 bits per heavy atom. The molecule has 3 aromatic carbocycles. The van der Waals surface area contributed by atoms with Gasteiger partial charge in [-0.15, -0.1) is 0 Å². The summed E-state index contributed by atoms with van der Waals surface area (Å²) in [5, 5.41) is 9.03. The molecule has 1 aliphatic carbocycles. The fourth-order valence-electron chi connectivity index (χ4n) is 6.36. The molecule has 2 aliphatic rings. The topological polar surface area (TPSA) is 91.8 Å². The monoisotopic (exact) mass is 683 g/mol. The second-order valence-corrected chi connectivity index (χ2v) is 13.0. The molecule has 0 aromatic heterocycles. The molecule has 1 saturated heterocycles. The van der Waals surface area contributed by atoms with Crippen LogP contribution < -0.4 is 0 Å². The lowest BCUT2D eigenvalue weighted by molar-refractivity contribution is -0.348. The molecule has 6 nitrogen and oxygen atoms in total. The molecule has 0 spiro atoms. The first kappa shape index (κ1) is 33.2. The molecular weight excluding hydrogens is 664 g/mol. The Kier molecular flexibility index (Phi) is 7.73. The van der Waals surface area contributed by atoms with Crippen molar-refractivity contribution < 1.29 is 67.0 Å². The number of fused-ring (bicyclic) bond motifs is 3. The lowest BCUT2D eigenvalue weighted by Gasteiger charge is -2.43. The van der Waals surface area contributed by atoms with Gasteiger partial charge in [-0.2, -0.15) is 26.3 Å². The number of nitrogens with zero attached hydrogens (tertiary/aromatic N) is 1. The summed E-state index contributed by atoms with van der Waals surface area (Å²) in [7, 11) is -4.80. The van der Waals surface area contributed by atoms with Crippen molar-refractivity contribution >= 4 is 21.7 Å². The Bertz CT molecular complexity index is 1820. The van der Waals surface area contributed by atoms with Crippen LogP contribution in [-0.4, -0.2) is 55.2 Å². The quantitative estimate of drug-likeness (QED) is 0.241. The molecule has 246 valence electrons. The minimum Gasteiger partial charge on any atom is -0.477 e. The molecule has 1 fully saturated rings. The third-order valence-corrected chi connectivity index (χ3v) is 11.0. The number of rotatable bonds is 5. The van der Waals surface area contributed by atoms with E-state index >= 15 is 0 Å². The normalized spacial score (nSPS) is 20.3. The summed E-state index contributed by atoms with van der Waals surface area (Å²) in [6.07, 6.45) is -14.3. The number of carbonyl (C=O) groups is 2. The third kappa shape index (κ3) is 4.72. The Labute approximate surface area is 253 Å². The zero-order chi connectivity index (χ0) is 34.2. The molecule has 2 atom stereocenters. The van der Waals surface area contributed by atoms with Crippen LogP contribution in [0.1, 0.15) is 50.2 Å². The fraction of sp³-hybridized carbons (Fsp3) is 0.310. The molecule has 46 heavy (non-hydrogen) atoms. The number of amides is 1. The van der Waals surface area contributed by atoms with Gasteiger partial charge in [0.1, 0.15) is 27.8 Å². The smallest absolute Gasteiger partial charge is 0.435 e. The van der Waals surface area contributed by atoms with Crippen LogP contribution in [0.2, 0.25) is 0 Å². The van der Waals surface area contributed by atoms with E-state index < -0.39 is 121 Å². The highest BCUT2D eigenvalue weighted by atomic mass is 32.2. The largest absolute Gasteiger partial charge is 0.477 e. The molecule has 1 amide bonds. The van der Waals surface area contributed by atoms with Gasteiger partial charge in [0.25, 0.3) is 5.91 Å². The molecule has 0 saturated carbocycles. The Balaban J connectivity index is 1.70. The van der Waals surface area contributed by atoms with Gasteiger partial charge in [0, 0.05) is 17.7 Å². The Morgan fingerprint density at radius 2 is 1.41 bits per heavy atom. The van der Waals surface area contributed by atoms with Crippen molar-refractivity contribution in [2.24, 2.45) is 0 Å². The maximum Gasteiger partial charge on any atom is 0.435 e. The van der Waals surface area contributed by atoms with Crippen molar-refractivity contribution in [1.29, 1.82) is 0 Å². The van der Waals surface area contributed by atoms with Gasteiger partial charge in [-0.25, -0.2) is 30.8 Å². The molecule has 1 aliphatic heterocycles. The predicted molar refractivity (Wildman–Crippen MR) is 138 cm³/mol. The molecule has 17 heteroatoms. The lowest BCUT2D eigenvalue weighted by Crippen LogP contribution is -2.53. The third-order valence-electron chi connectivity index (χ3n) is 8.43. The standard InChI is InChI=1S/C29H19F10NO5S/c30-17-3-5-18(6-4-17)46(44,45)26-9-10-40(24(41)15-12-20(31)23(25(42)43)21(32)13-15)22(26)8-1-14-11-16(2-7-19(14)26)27(33,28(34,35)36)29(37,38)39/h2-7,11-13,22H,1,8-10H2,(H,42,43)/t22-,26-/m1/s1. The van der Waals surface area contributed by atoms with Gasteiger partial charge >= 0.3 is 24.0 Å². The fourth-order valence-corrected chi connectivity index (χ4v) is 8.73. The van der Waals surface area contributed by atoms with Gasteiger partial charge < -0.3 is 10.0 Å². The number of halogens is 10. The number of carboxylic acids is 1. The number of carboxylic acid groups (broad SMARTS) is 1. The van der Waals surface area contributed by atoms with Crippen molar-refractivity contribution in [3.63, 3.8) is 0 Å². The molecule has 0 unspecified atom stereocenters. The number of aromatic carboxylic acids is 1. The summed E-state index contributed by atoms with van der Waals surface area (Å²) >= 11 is 0. The maximum absolute atomic E-state index is 15.0. The van der Waals surface area contributed by atoms with Crippen molar-refractivity contribution in [1.82, 2.24) is 4.90 Å². The highest BCUT2D eigenvalue weighted by Gasteiger charge is 2.74. The number of carbonyl (C=O) groups excluding carboxylic acids is 1. The molecule has 3 aromatic rings. The number of aryl methyl sites for hydroxylation is 1. The van der Waals surface area contributed by atoms with Gasteiger partial charge in [-0.05, 0) is 66.8 Å².